The van der Waals surface area contributed by atoms with Crippen molar-refractivity contribution < 1.29 is 9.59 Å². The summed E-state index contributed by atoms with van der Waals surface area (Å²) in [6.45, 7) is 0.583. The molecule has 3 rings (SSSR count). The molecule has 2 unspecified atom stereocenters. The van der Waals surface area contributed by atoms with Crippen LogP contribution in [0.15, 0.2) is 36.4 Å². The molecule has 0 radical (unpaired) electrons. The molecule has 1 fully saturated rings. The summed E-state index contributed by atoms with van der Waals surface area (Å²) in [5.74, 6) is -0.956. The van der Waals surface area contributed by atoms with E-state index in [0.29, 0.717) is 38.4 Å². The Bertz CT molecular complexity index is 997. The molecule has 0 aliphatic heterocycles. The Morgan fingerprint density at radius 1 is 1.10 bits per heavy atom. The maximum absolute atomic E-state index is 12.9. The van der Waals surface area contributed by atoms with E-state index in [-0.39, 0.29) is 11.8 Å². The van der Waals surface area contributed by atoms with E-state index in [4.69, 9.17) is 58.0 Å². The minimum absolute atomic E-state index is 0.225. The van der Waals surface area contributed by atoms with Gasteiger partial charge in [-0.15, -0.1) is 23.2 Å². The Morgan fingerprint density at radius 2 is 1.74 bits per heavy atom. The van der Waals surface area contributed by atoms with Gasteiger partial charge in [0.1, 0.15) is 4.33 Å². The highest BCUT2D eigenvalue weighted by Gasteiger charge is 2.67. The summed E-state index contributed by atoms with van der Waals surface area (Å²) in [4.78, 5) is 27.2. The van der Waals surface area contributed by atoms with Gasteiger partial charge in [-0.2, -0.15) is 11.8 Å². The molecule has 1 aliphatic rings. The molecule has 2 atom stereocenters. The van der Waals surface area contributed by atoms with Crippen LogP contribution in [0.1, 0.15) is 21.8 Å². The number of carbonyl (C=O) groups excluding carboxylic acids is 2. The molecule has 0 aromatic heterocycles. The number of hydrogen-bond donors (Lipinski definition) is 1. The molecule has 10 heteroatoms. The summed E-state index contributed by atoms with van der Waals surface area (Å²) in [7, 11) is 1.71. The summed E-state index contributed by atoms with van der Waals surface area (Å²) in [6.07, 6.45) is 1.97. The number of amides is 2. The number of benzene rings is 2. The maximum Gasteiger partial charge on any atom is 0.255 e. The van der Waals surface area contributed by atoms with Crippen molar-refractivity contribution in [3.8, 4) is 0 Å². The molecule has 2 aromatic rings. The van der Waals surface area contributed by atoms with Gasteiger partial charge >= 0.3 is 0 Å². The van der Waals surface area contributed by atoms with Gasteiger partial charge in [-0.05, 0) is 48.2 Å². The second-order valence-corrected chi connectivity index (χ2v) is 10.9. The second-order valence-electron chi connectivity index (χ2n) is 7.24. The Labute approximate surface area is 210 Å². The van der Waals surface area contributed by atoms with Crippen LogP contribution in [-0.4, -0.2) is 46.6 Å². The fourth-order valence-electron chi connectivity index (χ4n) is 3.34. The van der Waals surface area contributed by atoms with Crippen LogP contribution < -0.4 is 5.32 Å². The van der Waals surface area contributed by atoms with Gasteiger partial charge in [-0.3, -0.25) is 9.59 Å². The van der Waals surface area contributed by atoms with Crippen molar-refractivity contribution in [3.05, 3.63) is 62.6 Å². The van der Waals surface area contributed by atoms with Gasteiger partial charge in [0.2, 0.25) is 5.91 Å². The Kier molecular flexibility index (Phi) is 7.99. The number of carbonyl (C=O) groups is 2. The third kappa shape index (κ3) is 5.58. The number of halogens is 5. The first-order valence-electron chi connectivity index (χ1n) is 9.25. The number of anilines is 1. The van der Waals surface area contributed by atoms with Gasteiger partial charge in [0.15, 0.2) is 0 Å². The molecule has 4 nitrogen and oxygen atoms in total. The summed E-state index contributed by atoms with van der Waals surface area (Å²) in [5.41, 5.74) is 1.42. The van der Waals surface area contributed by atoms with E-state index in [9.17, 15) is 9.59 Å². The van der Waals surface area contributed by atoms with Gasteiger partial charge in [-0.25, -0.2) is 0 Å². The van der Waals surface area contributed by atoms with Gasteiger partial charge in [-0.1, -0.05) is 34.8 Å². The zero-order chi connectivity index (χ0) is 22.9. The van der Waals surface area contributed by atoms with Gasteiger partial charge in [0, 0.05) is 41.0 Å². The lowest BCUT2D eigenvalue weighted by Gasteiger charge is -2.18. The second kappa shape index (κ2) is 9.98. The third-order valence-corrected chi connectivity index (χ3v) is 7.32. The number of thioether (sulfide) groups is 1. The van der Waals surface area contributed by atoms with E-state index in [2.05, 4.69) is 5.32 Å². The average molecular weight is 541 g/mol. The number of nitrogens with zero attached hydrogens (tertiary/aromatic N) is 1. The summed E-state index contributed by atoms with van der Waals surface area (Å²) >= 11 is 32.8. The van der Waals surface area contributed by atoms with E-state index in [0.717, 1.165) is 5.75 Å². The SMILES string of the molecule is CSCCN(C)C(=O)c1cc(NC(=O)C2C(c3cc(Cl)cc(Cl)c3)C2(Cl)Cl)ccc1Cl. The van der Waals surface area contributed by atoms with Crippen molar-refractivity contribution in [2.75, 3.05) is 30.9 Å². The monoisotopic (exact) mass is 538 g/mol. The number of hydrogen-bond acceptors (Lipinski definition) is 3. The van der Waals surface area contributed by atoms with Gasteiger partial charge in [0.05, 0.1) is 16.5 Å². The molecular formula is C21H19Cl5N2O2S. The largest absolute Gasteiger partial charge is 0.341 e. The van der Waals surface area contributed by atoms with E-state index in [1.807, 2.05) is 6.26 Å². The van der Waals surface area contributed by atoms with Crippen LogP contribution in [0.3, 0.4) is 0 Å². The fourth-order valence-corrected chi connectivity index (χ4v) is 5.37. The van der Waals surface area contributed by atoms with Crippen LogP contribution in [0.25, 0.3) is 0 Å². The normalized spacial score (nSPS) is 19.1. The highest BCUT2D eigenvalue weighted by atomic mass is 35.5. The molecule has 0 spiro atoms. The molecular weight excluding hydrogens is 522 g/mol. The van der Waals surface area contributed by atoms with E-state index in [1.165, 1.54) is 0 Å². The van der Waals surface area contributed by atoms with Crippen LogP contribution in [0.2, 0.25) is 15.1 Å². The van der Waals surface area contributed by atoms with Crippen molar-refractivity contribution in [2.45, 2.75) is 10.3 Å². The predicted molar refractivity (Wildman–Crippen MR) is 133 cm³/mol. The Hall–Kier alpha value is -0.820. The quantitative estimate of drug-likeness (QED) is 0.402. The lowest BCUT2D eigenvalue weighted by molar-refractivity contribution is -0.117. The first kappa shape index (κ1) is 24.8. The maximum atomic E-state index is 12.9. The lowest BCUT2D eigenvalue weighted by Crippen LogP contribution is -2.29. The number of alkyl halides is 2. The third-order valence-electron chi connectivity index (χ3n) is 5.02. The van der Waals surface area contributed by atoms with Crippen LogP contribution in [-0.2, 0) is 4.79 Å². The molecule has 31 heavy (non-hydrogen) atoms. The zero-order valence-corrected chi connectivity index (χ0v) is 21.2. The minimum atomic E-state index is -1.29. The molecule has 0 bridgehead atoms. The van der Waals surface area contributed by atoms with Crippen molar-refractivity contribution >= 4 is 87.3 Å². The van der Waals surface area contributed by atoms with Crippen molar-refractivity contribution in [3.63, 3.8) is 0 Å². The summed E-state index contributed by atoms with van der Waals surface area (Å²) in [6, 6.07) is 9.72. The number of rotatable bonds is 7. The van der Waals surface area contributed by atoms with E-state index < -0.39 is 16.2 Å². The zero-order valence-electron chi connectivity index (χ0n) is 16.6. The van der Waals surface area contributed by atoms with Gasteiger partial charge in [0.25, 0.3) is 5.91 Å². The van der Waals surface area contributed by atoms with Crippen LogP contribution in [0.4, 0.5) is 5.69 Å². The van der Waals surface area contributed by atoms with Gasteiger partial charge < -0.3 is 10.2 Å². The smallest absolute Gasteiger partial charge is 0.255 e. The van der Waals surface area contributed by atoms with Crippen LogP contribution in [0, 0.1) is 5.92 Å². The van der Waals surface area contributed by atoms with E-state index >= 15 is 0 Å². The van der Waals surface area contributed by atoms with Crippen molar-refractivity contribution in [1.82, 2.24) is 4.90 Å². The lowest BCUT2D eigenvalue weighted by atomic mass is 10.1. The highest BCUT2D eigenvalue weighted by Crippen LogP contribution is 2.65. The summed E-state index contributed by atoms with van der Waals surface area (Å²) < 4.78 is -1.29. The molecule has 1 N–H and O–H groups in total. The number of nitrogens with one attached hydrogen (secondary N) is 1. The Morgan fingerprint density at radius 3 is 2.35 bits per heavy atom. The first-order valence-corrected chi connectivity index (χ1v) is 12.5. The Balaban J connectivity index is 1.77. The predicted octanol–water partition coefficient (Wildman–Crippen LogP) is 6.61. The molecule has 166 valence electrons. The molecule has 0 saturated heterocycles. The molecule has 1 saturated carbocycles. The standard InChI is InChI=1S/C21H19Cl5N2O2S/c1-28(5-6-31-2)20(30)15-10-14(3-4-16(15)24)27-19(29)18-17(21(18,25)26)11-7-12(22)9-13(23)8-11/h3-4,7-10,17-18H,5-6H2,1-2H3,(H,27,29). The molecule has 2 amide bonds. The van der Waals surface area contributed by atoms with Crippen LogP contribution in [0.5, 0.6) is 0 Å². The van der Waals surface area contributed by atoms with Crippen molar-refractivity contribution in [1.29, 1.82) is 0 Å². The van der Waals surface area contributed by atoms with E-state index in [1.54, 1.807) is 60.1 Å². The topological polar surface area (TPSA) is 49.4 Å². The van der Waals surface area contributed by atoms with Crippen LogP contribution >= 0.6 is 69.8 Å². The fraction of sp³-hybridized carbons (Fsp3) is 0.333. The highest BCUT2D eigenvalue weighted by molar-refractivity contribution is 7.98. The molecule has 0 heterocycles. The van der Waals surface area contributed by atoms with Crippen molar-refractivity contribution in [2.24, 2.45) is 5.92 Å². The first-order chi connectivity index (χ1) is 14.6. The average Bonchev–Trinajstić information content (AvgIpc) is 3.28. The molecule has 1 aliphatic carbocycles. The minimum Gasteiger partial charge on any atom is -0.341 e. The molecule has 2 aromatic carbocycles. The summed E-state index contributed by atoms with van der Waals surface area (Å²) in [5, 5.41) is 3.96.